The maximum Gasteiger partial charge on any atom is 0.251 e. The largest absolute Gasteiger partial charge is 0.381 e. The highest BCUT2D eigenvalue weighted by molar-refractivity contribution is 5.81. The predicted octanol–water partition coefficient (Wildman–Crippen LogP) is 1.01. The lowest BCUT2D eigenvalue weighted by Crippen LogP contribution is -2.53. The van der Waals surface area contributed by atoms with Crippen molar-refractivity contribution in [3.8, 4) is 0 Å². The number of amides is 2. The molecule has 0 radical (unpaired) electrons. The summed E-state index contributed by atoms with van der Waals surface area (Å²) in [5, 5.41) is 13.1. The lowest BCUT2D eigenvalue weighted by atomic mass is 9.95. The van der Waals surface area contributed by atoms with Gasteiger partial charge in [-0.3, -0.25) is 9.59 Å². The van der Waals surface area contributed by atoms with Crippen LogP contribution in [0.2, 0.25) is 0 Å². The van der Waals surface area contributed by atoms with Crippen LogP contribution in [0.3, 0.4) is 0 Å². The first-order valence-corrected chi connectivity index (χ1v) is 7.53. The molecule has 0 bridgehead atoms. The molecule has 0 heterocycles. The fourth-order valence-corrected chi connectivity index (χ4v) is 2.41. The highest BCUT2D eigenvalue weighted by atomic mass is 16.3. The number of nitrogens with zero attached hydrogens (tertiary/aromatic N) is 1. The predicted molar refractivity (Wildman–Crippen MR) is 78.0 cm³/mol. The fraction of sp³-hybridized carbons (Fsp3) is 0.867. The van der Waals surface area contributed by atoms with E-state index in [2.05, 4.69) is 5.32 Å². The summed E-state index contributed by atoms with van der Waals surface area (Å²) in [6.45, 7) is 9.02. The Hall–Kier alpha value is -1.10. The van der Waals surface area contributed by atoms with Crippen LogP contribution in [-0.2, 0) is 9.59 Å². The van der Waals surface area contributed by atoms with Gasteiger partial charge in [-0.25, -0.2) is 0 Å². The van der Waals surface area contributed by atoms with Gasteiger partial charge < -0.3 is 15.3 Å². The van der Waals surface area contributed by atoms with Gasteiger partial charge in [0, 0.05) is 13.1 Å². The normalized spacial score (nSPS) is 17.9. The number of carbonyl (C=O) groups excluding carboxylic acids is 2. The Labute approximate surface area is 121 Å². The number of rotatable bonds is 9. The molecule has 116 valence electrons. The maximum absolute atomic E-state index is 12.0. The number of nitrogens with one attached hydrogen (secondary N) is 1. The standard InChI is InChI=1S/C15H28N2O3/c1-10(2)8-17(9-18)13(11(3)4)14(19)15(20)16-7-12-5-6-12/h9-14,19H,5-8H2,1-4H3,(H,16,20). The van der Waals surface area contributed by atoms with E-state index in [0.29, 0.717) is 24.9 Å². The molecule has 1 aliphatic rings. The minimum absolute atomic E-state index is 0.0145. The van der Waals surface area contributed by atoms with Crippen LogP contribution >= 0.6 is 0 Å². The second-order valence-electron chi connectivity index (χ2n) is 6.56. The van der Waals surface area contributed by atoms with Crippen LogP contribution in [0.25, 0.3) is 0 Å². The Balaban J connectivity index is 2.65. The Morgan fingerprint density at radius 2 is 1.95 bits per heavy atom. The highest BCUT2D eigenvalue weighted by Gasteiger charge is 2.34. The average Bonchev–Trinajstić information content (AvgIpc) is 3.17. The molecule has 2 N–H and O–H groups in total. The van der Waals surface area contributed by atoms with Crippen LogP contribution < -0.4 is 5.32 Å². The zero-order chi connectivity index (χ0) is 15.3. The molecule has 0 aromatic rings. The quantitative estimate of drug-likeness (QED) is 0.621. The van der Waals surface area contributed by atoms with Crippen molar-refractivity contribution < 1.29 is 14.7 Å². The summed E-state index contributed by atoms with van der Waals surface area (Å²) >= 11 is 0. The van der Waals surface area contributed by atoms with Gasteiger partial charge in [-0.1, -0.05) is 27.7 Å². The molecule has 1 saturated carbocycles. The molecule has 0 saturated heterocycles. The summed E-state index contributed by atoms with van der Waals surface area (Å²) in [6.07, 6.45) is 1.87. The second kappa shape index (κ2) is 7.62. The Kier molecular flexibility index (Phi) is 6.46. The van der Waals surface area contributed by atoms with Crippen molar-refractivity contribution in [2.24, 2.45) is 17.8 Å². The van der Waals surface area contributed by atoms with Crippen molar-refractivity contribution in [3.63, 3.8) is 0 Å². The molecule has 1 rings (SSSR count). The van der Waals surface area contributed by atoms with E-state index in [-0.39, 0.29) is 11.8 Å². The molecule has 5 nitrogen and oxygen atoms in total. The summed E-state index contributed by atoms with van der Waals surface area (Å²) in [7, 11) is 0. The summed E-state index contributed by atoms with van der Waals surface area (Å²) in [6, 6.07) is -0.478. The van der Waals surface area contributed by atoms with Gasteiger partial charge in [-0.05, 0) is 30.6 Å². The van der Waals surface area contributed by atoms with Gasteiger partial charge >= 0.3 is 0 Å². The Morgan fingerprint density at radius 1 is 1.35 bits per heavy atom. The molecule has 2 amide bonds. The van der Waals surface area contributed by atoms with E-state index >= 15 is 0 Å². The van der Waals surface area contributed by atoms with Crippen LogP contribution in [-0.4, -0.2) is 47.6 Å². The van der Waals surface area contributed by atoms with E-state index in [4.69, 9.17) is 0 Å². The number of hydrogen-bond acceptors (Lipinski definition) is 3. The summed E-state index contributed by atoms with van der Waals surface area (Å²) in [5.74, 6) is 0.511. The molecule has 20 heavy (non-hydrogen) atoms. The van der Waals surface area contributed by atoms with E-state index in [0.717, 1.165) is 19.3 Å². The highest BCUT2D eigenvalue weighted by Crippen LogP contribution is 2.27. The molecular formula is C15H28N2O3. The van der Waals surface area contributed by atoms with Crippen molar-refractivity contribution in [2.45, 2.75) is 52.7 Å². The summed E-state index contributed by atoms with van der Waals surface area (Å²) < 4.78 is 0. The van der Waals surface area contributed by atoms with Gasteiger partial charge in [0.1, 0.15) is 0 Å². The molecule has 0 spiro atoms. The molecule has 2 unspecified atom stereocenters. The van der Waals surface area contributed by atoms with Crippen LogP contribution in [0.1, 0.15) is 40.5 Å². The molecule has 0 aromatic heterocycles. The van der Waals surface area contributed by atoms with Crippen LogP contribution in [0.5, 0.6) is 0 Å². The Bertz CT molecular complexity index is 327. The third-order valence-corrected chi connectivity index (χ3v) is 3.63. The van der Waals surface area contributed by atoms with Crippen molar-refractivity contribution in [1.29, 1.82) is 0 Å². The lowest BCUT2D eigenvalue weighted by Gasteiger charge is -2.35. The maximum atomic E-state index is 12.0. The molecule has 1 aliphatic carbocycles. The molecule has 0 aromatic carbocycles. The van der Waals surface area contributed by atoms with Gasteiger partial charge in [-0.2, -0.15) is 0 Å². The lowest BCUT2D eigenvalue weighted by molar-refractivity contribution is -0.138. The first-order valence-electron chi connectivity index (χ1n) is 7.53. The summed E-state index contributed by atoms with van der Waals surface area (Å²) in [4.78, 5) is 24.8. The first kappa shape index (κ1) is 17.0. The van der Waals surface area contributed by atoms with Crippen molar-refractivity contribution >= 4 is 12.3 Å². The third-order valence-electron chi connectivity index (χ3n) is 3.63. The van der Waals surface area contributed by atoms with E-state index in [1.165, 1.54) is 0 Å². The second-order valence-corrected chi connectivity index (χ2v) is 6.56. The van der Waals surface area contributed by atoms with Crippen molar-refractivity contribution in [3.05, 3.63) is 0 Å². The fourth-order valence-electron chi connectivity index (χ4n) is 2.41. The van der Waals surface area contributed by atoms with E-state index in [1.807, 2.05) is 27.7 Å². The van der Waals surface area contributed by atoms with Gasteiger partial charge in [0.05, 0.1) is 6.04 Å². The Morgan fingerprint density at radius 3 is 2.35 bits per heavy atom. The van der Waals surface area contributed by atoms with E-state index in [1.54, 1.807) is 4.90 Å². The van der Waals surface area contributed by atoms with Crippen LogP contribution in [0.4, 0.5) is 0 Å². The average molecular weight is 284 g/mol. The number of aliphatic hydroxyl groups excluding tert-OH is 1. The van der Waals surface area contributed by atoms with Gasteiger partial charge in [0.2, 0.25) is 6.41 Å². The van der Waals surface area contributed by atoms with E-state index < -0.39 is 12.1 Å². The molecule has 2 atom stereocenters. The van der Waals surface area contributed by atoms with Crippen LogP contribution in [0.15, 0.2) is 0 Å². The van der Waals surface area contributed by atoms with Gasteiger partial charge in [0.15, 0.2) is 6.10 Å². The number of hydrogen-bond donors (Lipinski definition) is 2. The number of carbonyl (C=O) groups is 2. The van der Waals surface area contributed by atoms with Crippen molar-refractivity contribution in [2.75, 3.05) is 13.1 Å². The van der Waals surface area contributed by atoms with E-state index in [9.17, 15) is 14.7 Å². The molecular weight excluding hydrogens is 256 g/mol. The molecule has 5 heteroatoms. The topological polar surface area (TPSA) is 69.6 Å². The zero-order valence-corrected chi connectivity index (χ0v) is 13.0. The third kappa shape index (κ3) is 5.12. The van der Waals surface area contributed by atoms with Crippen LogP contribution in [0, 0.1) is 17.8 Å². The molecule has 0 aliphatic heterocycles. The first-order chi connectivity index (χ1) is 9.36. The smallest absolute Gasteiger partial charge is 0.251 e. The van der Waals surface area contributed by atoms with Crippen molar-refractivity contribution in [1.82, 2.24) is 10.2 Å². The minimum atomic E-state index is -1.17. The SMILES string of the molecule is CC(C)CN(C=O)C(C(C)C)C(O)C(=O)NCC1CC1. The molecule has 1 fully saturated rings. The summed E-state index contributed by atoms with van der Waals surface area (Å²) in [5.41, 5.74) is 0. The zero-order valence-electron chi connectivity index (χ0n) is 13.0. The minimum Gasteiger partial charge on any atom is -0.381 e. The van der Waals surface area contributed by atoms with Gasteiger partial charge in [0.25, 0.3) is 5.91 Å². The monoisotopic (exact) mass is 284 g/mol. The van der Waals surface area contributed by atoms with Gasteiger partial charge in [-0.15, -0.1) is 0 Å². The number of aliphatic hydroxyl groups is 1.